The highest BCUT2D eigenvalue weighted by Gasteiger charge is 2.51. The second-order valence-corrected chi connectivity index (χ2v) is 14.5. The first kappa shape index (κ1) is 31.4. The van der Waals surface area contributed by atoms with E-state index in [1.807, 2.05) is 24.3 Å². The summed E-state index contributed by atoms with van der Waals surface area (Å²) in [4.78, 5) is 10.1. The van der Waals surface area contributed by atoms with Gasteiger partial charge < -0.3 is 0 Å². The van der Waals surface area contributed by atoms with Crippen molar-refractivity contribution in [3.8, 4) is 78.4 Å². The fourth-order valence-electron chi connectivity index (χ4n) is 9.15. The molecule has 1 heterocycles. The van der Waals surface area contributed by atoms with Crippen molar-refractivity contribution in [1.82, 2.24) is 9.97 Å². The van der Waals surface area contributed by atoms with Gasteiger partial charge in [0.2, 0.25) is 0 Å². The third-order valence-electron chi connectivity index (χ3n) is 11.5. The van der Waals surface area contributed by atoms with Gasteiger partial charge in [-0.05, 0) is 78.9 Å². The molecule has 2 nitrogen and oxygen atoms in total. The van der Waals surface area contributed by atoms with Crippen molar-refractivity contribution in [2.75, 3.05) is 0 Å². The van der Waals surface area contributed by atoms with Crippen LogP contribution in [-0.2, 0) is 5.41 Å². The minimum atomic E-state index is -0.350. The Morgan fingerprint density at radius 3 is 1.40 bits per heavy atom. The molecule has 1 aromatic heterocycles. The molecule has 0 aliphatic heterocycles. The summed E-state index contributed by atoms with van der Waals surface area (Å²) in [5.41, 5.74) is 20.1. The van der Waals surface area contributed by atoms with Crippen molar-refractivity contribution < 1.29 is 0 Å². The molecule has 9 aromatic rings. The van der Waals surface area contributed by atoms with E-state index < -0.39 is 0 Å². The predicted octanol–water partition coefficient (Wildman–Crippen LogP) is 13.2. The Morgan fingerprint density at radius 1 is 0.273 bits per heavy atom. The Labute approximate surface area is 321 Å². The van der Waals surface area contributed by atoms with Crippen LogP contribution in [0, 0.1) is 0 Å². The molecule has 55 heavy (non-hydrogen) atoms. The molecule has 0 fully saturated rings. The van der Waals surface area contributed by atoms with Gasteiger partial charge in [-0.15, -0.1) is 0 Å². The van der Waals surface area contributed by atoms with Crippen molar-refractivity contribution in [3.05, 3.63) is 229 Å². The van der Waals surface area contributed by atoms with Gasteiger partial charge in [-0.1, -0.05) is 194 Å². The maximum Gasteiger partial charge on any atom is 0.160 e. The molecule has 2 aliphatic carbocycles. The summed E-state index contributed by atoms with van der Waals surface area (Å²) in [7, 11) is 0. The quantitative estimate of drug-likeness (QED) is 0.179. The number of aromatic nitrogens is 2. The van der Waals surface area contributed by atoms with E-state index in [1.165, 1.54) is 55.6 Å². The minimum absolute atomic E-state index is 0.350. The molecule has 0 saturated heterocycles. The normalized spacial score (nSPS) is 12.9. The van der Waals surface area contributed by atoms with Crippen LogP contribution in [0.25, 0.3) is 78.4 Å². The van der Waals surface area contributed by atoms with Gasteiger partial charge in [0.05, 0.1) is 16.8 Å². The second kappa shape index (κ2) is 12.5. The van der Waals surface area contributed by atoms with Crippen LogP contribution in [0.4, 0.5) is 0 Å². The summed E-state index contributed by atoms with van der Waals surface area (Å²) >= 11 is 0. The summed E-state index contributed by atoms with van der Waals surface area (Å²) < 4.78 is 0. The van der Waals surface area contributed by atoms with E-state index in [2.05, 4.69) is 182 Å². The Hall–Kier alpha value is -7.16. The van der Waals surface area contributed by atoms with Crippen LogP contribution in [-0.4, -0.2) is 9.97 Å². The zero-order valence-corrected chi connectivity index (χ0v) is 30.0. The van der Waals surface area contributed by atoms with Gasteiger partial charge in [-0.3, -0.25) is 0 Å². The van der Waals surface area contributed by atoms with Gasteiger partial charge in [0.25, 0.3) is 0 Å². The van der Waals surface area contributed by atoms with Crippen LogP contribution < -0.4 is 0 Å². The Morgan fingerprint density at radius 2 is 0.727 bits per heavy atom. The Kier molecular flexibility index (Phi) is 7.11. The lowest BCUT2D eigenvalue weighted by Crippen LogP contribution is -2.25. The van der Waals surface area contributed by atoms with Gasteiger partial charge in [-0.25, -0.2) is 9.97 Å². The highest BCUT2D eigenvalue weighted by Crippen LogP contribution is 2.63. The SMILES string of the molecule is c1ccc(-c2cc(-c3cccc(-c4ccc(-c5cccc6c5-c5ccccc5C65c6ccccc6-c6ccccc65)cc4)c3)nc(-c3ccccc3)n2)cc1. The molecule has 256 valence electrons. The summed E-state index contributed by atoms with van der Waals surface area (Å²) in [5.74, 6) is 0.718. The van der Waals surface area contributed by atoms with Gasteiger partial charge in [0, 0.05) is 16.7 Å². The molecule has 0 bridgehead atoms. The molecule has 11 rings (SSSR count). The van der Waals surface area contributed by atoms with E-state index >= 15 is 0 Å². The molecular formula is C53H34N2. The second-order valence-electron chi connectivity index (χ2n) is 14.5. The standard InChI is InChI=1S/C53H34N2/c1-3-15-37(16-4-1)49-34-50(55-52(54-49)38-17-5-2-6-18-38)40-20-13-19-39(33-40)35-29-31-36(32-30-35)41-24-14-28-48-51(41)44-23-9-12-27-47(44)53(48)45-25-10-7-21-42(45)43-22-8-11-26-46(43)53/h1-34H. The number of benzene rings is 8. The van der Waals surface area contributed by atoms with Crippen LogP contribution in [0.2, 0.25) is 0 Å². The third-order valence-corrected chi connectivity index (χ3v) is 11.5. The van der Waals surface area contributed by atoms with Gasteiger partial charge in [0.1, 0.15) is 0 Å². The molecule has 2 heteroatoms. The maximum atomic E-state index is 5.09. The first-order chi connectivity index (χ1) is 27.3. The van der Waals surface area contributed by atoms with Crippen LogP contribution >= 0.6 is 0 Å². The van der Waals surface area contributed by atoms with Crippen molar-refractivity contribution in [2.45, 2.75) is 5.41 Å². The maximum absolute atomic E-state index is 5.09. The molecule has 0 unspecified atom stereocenters. The van der Waals surface area contributed by atoms with Gasteiger partial charge in [0.15, 0.2) is 5.82 Å². The minimum Gasteiger partial charge on any atom is -0.228 e. The third kappa shape index (κ3) is 4.82. The van der Waals surface area contributed by atoms with Crippen LogP contribution in [0.5, 0.6) is 0 Å². The lowest BCUT2D eigenvalue weighted by atomic mass is 9.70. The average Bonchev–Trinajstić information content (AvgIpc) is 3.75. The Bertz CT molecular complexity index is 2810. The zero-order chi connectivity index (χ0) is 36.3. The Balaban J connectivity index is 1.00. The van der Waals surface area contributed by atoms with Gasteiger partial charge >= 0.3 is 0 Å². The fourth-order valence-corrected chi connectivity index (χ4v) is 9.15. The van der Waals surface area contributed by atoms with E-state index in [0.29, 0.717) is 0 Å². The first-order valence-electron chi connectivity index (χ1n) is 18.9. The lowest BCUT2D eigenvalue weighted by molar-refractivity contribution is 0.794. The molecule has 0 N–H and O–H groups in total. The predicted molar refractivity (Wildman–Crippen MR) is 226 cm³/mol. The lowest BCUT2D eigenvalue weighted by Gasteiger charge is -2.30. The molecule has 0 amide bonds. The van der Waals surface area contributed by atoms with Crippen LogP contribution in [0.15, 0.2) is 206 Å². The summed E-state index contributed by atoms with van der Waals surface area (Å²) in [6, 6.07) is 74.4. The average molecular weight is 699 g/mol. The first-order valence-corrected chi connectivity index (χ1v) is 18.9. The number of hydrogen-bond acceptors (Lipinski definition) is 2. The van der Waals surface area contributed by atoms with Crippen molar-refractivity contribution in [2.24, 2.45) is 0 Å². The summed E-state index contributed by atoms with van der Waals surface area (Å²) in [5, 5.41) is 0. The van der Waals surface area contributed by atoms with Gasteiger partial charge in [-0.2, -0.15) is 0 Å². The molecule has 0 atom stereocenters. The van der Waals surface area contributed by atoms with Crippen molar-refractivity contribution in [3.63, 3.8) is 0 Å². The molecule has 2 aliphatic rings. The highest BCUT2D eigenvalue weighted by atomic mass is 14.9. The van der Waals surface area contributed by atoms with Crippen LogP contribution in [0.3, 0.4) is 0 Å². The molecular weight excluding hydrogens is 665 g/mol. The number of nitrogens with zero attached hydrogens (tertiary/aromatic N) is 2. The summed E-state index contributed by atoms with van der Waals surface area (Å²) in [6.45, 7) is 0. The number of fused-ring (bicyclic) bond motifs is 10. The summed E-state index contributed by atoms with van der Waals surface area (Å²) in [6.07, 6.45) is 0. The van der Waals surface area contributed by atoms with E-state index in [0.717, 1.165) is 45.0 Å². The number of hydrogen-bond donors (Lipinski definition) is 0. The topological polar surface area (TPSA) is 25.8 Å². The largest absolute Gasteiger partial charge is 0.228 e. The van der Waals surface area contributed by atoms with Crippen molar-refractivity contribution >= 4 is 0 Å². The molecule has 0 saturated carbocycles. The van der Waals surface area contributed by atoms with E-state index in [4.69, 9.17) is 9.97 Å². The molecule has 1 spiro atoms. The fraction of sp³-hybridized carbons (Fsp3) is 0.0189. The monoisotopic (exact) mass is 698 g/mol. The van der Waals surface area contributed by atoms with Crippen LogP contribution in [0.1, 0.15) is 22.3 Å². The van der Waals surface area contributed by atoms with E-state index in [1.54, 1.807) is 0 Å². The van der Waals surface area contributed by atoms with E-state index in [9.17, 15) is 0 Å². The smallest absolute Gasteiger partial charge is 0.160 e. The van der Waals surface area contributed by atoms with E-state index in [-0.39, 0.29) is 5.41 Å². The molecule has 8 aromatic carbocycles. The highest BCUT2D eigenvalue weighted by molar-refractivity contribution is 6.00. The molecule has 0 radical (unpaired) electrons. The van der Waals surface area contributed by atoms with Crippen molar-refractivity contribution in [1.29, 1.82) is 0 Å². The number of rotatable bonds is 5. The zero-order valence-electron chi connectivity index (χ0n) is 30.0.